The molecule has 0 N–H and O–H groups in total. The number of Topliss-reactive ketones (excluding diaryl/α,β-unsaturated/α-hetero) is 1. The van der Waals surface area contributed by atoms with Crippen molar-refractivity contribution >= 4 is 27.7 Å². The molecule has 0 unspecified atom stereocenters. The summed E-state index contributed by atoms with van der Waals surface area (Å²) in [5, 5.41) is 0. The molecule has 0 spiro atoms. The van der Waals surface area contributed by atoms with Gasteiger partial charge in [-0.3, -0.25) is 4.79 Å². The zero-order valence-electron chi connectivity index (χ0n) is 15.9. The summed E-state index contributed by atoms with van der Waals surface area (Å²) in [7, 11) is 0. The topological polar surface area (TPSA) is 66.8 Å². The summed E-state index contributed by atoms with van der Waals surface area (Å²) < 4.78 is 18.7. The van der Waals surface area contributed by atoms with Crippen LogP contribution in [0.2, 0.25) is 0 Å². The molecule has 0 amide bonds. The summed E-state index contributed by atoms with van der Waals surface area (Å²) in [6.45, 7) is 3.66. The predicted octanol–water partition coefficient (Wildman–Crippen LogP) is 4.63. The summed E-state index contributed by atoms with van der Waals surface area (Å²) in [5.41, 5.74) is 3.43. The molecule has 0 atom stereocenters. The van der Waals surface area contributed by atoms with Crippen LogP contribution in [0.15, 0.2) is 53.0 Å². The lowest BCUT2D eigenvalue weighted by Crippen LogP contribution is -2.15. The number of hydrogen-bond acceptors (Lipinski definition) is 5. The molecule has 6 nitrogen and oxygen atoms in total. The Labute approximate surface area is 176 Å². The number of ether oxygens (including phenoxy) is 3. The van der Waals surface area contributed by atoms with Gasteiger partial charge in [0, 0.05) is 33.2 Å². The summed E-state index contributed by atoms with van der Waals surface area (Å²) in [5.74, 6) is 0.579. The molecule has 1 aliphatic rings. The second-order valence-electron chi connectivity index (χ2n) is 6.67. The van der Waals surface area contributed by atoms with Crippen molar-refractivity contribution < 1.29 is 23.8 Å². The van der Waals surface area contributed by atoms with Crippen LogP contribution in [0.1, 0.15) is 32.1 Å². The minimum atomic E-state index is -0.538. The summed E-state index contributed by atoms with van der Waals surface area (Å²) in [6, 6.07) is 14.3. The van der Waals surface area contributed by atoms with Crippen LogP contribution in [-0.4, -0.2) is 29.7 Å². The molecule has 29 heavy (non-hydrogen) atoms. The maximum atomic E-state index is 12.7. The monoisotopic (exact) mass is 455 g/mol. The number of carbonyl (C=O) groups excluding carboxylic acids is 2. The van der Waals surface area contributed by atoms with Crippen molar-refractivity contribution in [1.29, 1.82) is 0 Å². The highest BCUT2D eigenvalue weighted by atomic mass is 79.9. The number of ketones is 1. The molecule has 1 aliphatic heterocycles. The molecule has 4 rings (SSSR count). The molecule has 2 aromatic carbocycles. The molecular formula is C22H18BrNO5. The molecule has 7 heteroatoms. The fourth-order valence-corrected chi connectivity index (χ4v) is 3.77. The summed E-state index contributed by atoms with van der Waals surface area (Å²) >= 11 is 3.31. The first-order valence-corrected chi connectivity index (χ1v) is 9.78. The molecular weight excluding hydrogens is 438 g/mol. The van der Waals surface area contributed by atoms with Crippen LogP contribution in [0.3, 0.4) is 0 Å². The Balaban J connectivity index is 1.53. The average molecular weight is 456 g/mol. The third-order valence-electron chi connectivity index (χ3n) is 4.74. The fourth-order valence-electron chi connectivity index (χ4n) is 3.37. The van der Waals surface area contributed by atoms with Gasteiger partial charge < -0.3 is 18.8 Å². The Bertz CT molecular complexity index is 1120. The minimum Gasteiger partial charge on any atom is -0.454 e. The lowest BCUT2D eigenvalue weighted by Gasteiger charge is -2.11. The van der Waals surface area contributed by atoms with E-state index in [9.17, 15) is 9.59 Å². The zero-order chi connectivity index (χ0) is 20.5. The number of aromatic nitrogens is 1. The van der Waals surface area contributed by atoms with Crippen LogP contribution in [-0.2, 0) is 4.74 Å². The lowest BCUT2D eigenvalue weighted by molar-refractivity contribution is 0.0474. The first-order valence-electron chi connectivity index (χ1n) is 8.99. The second kappa shape index (κ2) is 7.75. The number of fused-ring (bicyclic) bond motifs is 1. The van der Waals surface area contributed by atoms with Gasteiger partial charge in [0.05, 0.1) is 5.56 Å². The van der Waals surface area contributed by atoms with E-state index in [1.807, 2.05) is 42.7 Å². The number of halogens is 1. The van der Waals surface area contributed by atoms with Crippen LogP contribution in [0, 0.1) is 13.8 Å². The molecule has 148 valence electrons. The van der Waals surface area contributed by atoms with Crippen molar-refractivity contribution in [1.82, 2.24) is 4.57 Å². The molecule has 0 saturated heterocycles. The molecule has 0 bridgehead atoms. The van der Waals surface area contributed by atoms with Gasteiger partial charge in [0.2, 0.25) is 12.6 Å². The van der Waals surface area contributed by atoms with Gasteiger partial charge >= 0.3 is 5.97 Å². The van der Waals surface area contributed by atoms with Gasteiger partial charge in [-0.15, -0.1) is 0 Å². The van der Waals surface area contributed by atoms with E-state index >= 15 is 0 Å². The van der Waals surface area contributed by atoms with E-state index in [0.717, 1.165) is 21.5 Å². The summed E-state index contributed by atoms with van der Waals surface area (Å²) in [4.78, 5) is 24.9. The molecule has 0 aliphatic carbocycles. The SMILES string of the molecule is Cc1cc(C(=O)COC(=O)c2cccc(Br)c2)c(C)n1-c1ccc2c(c1)OCO2. The Morgan fingerprint density at radius 1 is 1.07 bits per heavy atom. The Kier molecular flexibility index (Phi) is 5.15. The van der Waals surface area contributed by atoms with E-state index in [0.29, 0.717) is 22.6 Å². The van der Waals surface area contributed by atoms with Crippen molar-refractivity contribution in [3.63, 3.8) is 0 Å². The normalized spacial score (nSPS) is 12.1. The Morgan fingerprint density at radius 2 is 1.86 bits per heavy atom. The van der Waals surface area contributed by atoms with Crippen molar-refractivity contribution in [3.05, 3.63) is 75.5 Å². The highest BCUT2D eigenvalue weighted by molar-refractivity contribution is 9.10. The van der Waals surface area contributed by atoms with E-state index in [-0.39, 0.29) is 19.2 Å². The number of benzene rings is 2. The Hall–Kier alpha value is -3.06. The maximum absolute atomic E-state index is 12.7. The number of carbonyl (C=O) groups is 2. The van der Waals surface area contributed by atoms with Crippen molar-refractivity contribution in [2.45, 2.75) is 13.8 Å². The second-order valence-corrected chi connectivity index (χ2v) is 7.58. The third kappa shape index (κ3) is 3.78. The number of rotatable bonds is 5. The van der Waals surface area contributed by atoms with E-state index < -0.39 is 5.97 Å². The van der Waals surface area contributed by atoms with Crippen LogP contribution in [0.4, 0.5) is 0 Å². The van der Waals surface area contributed by atoms with E-state index in [4.69, 9.17) is 14.2 Å². The van der Waals surface area contributed by atoms with Crippen molar-refractivity contribution in [2.24, 2.45) is 0 Å². The van der Waals surface area contributed by atoms with Gasteiger partial charge in [-0.1, -0.05) is 22.0 Å². The van der Waals surface area contributed by atoms with Crippen LogP contribution >= 0.6 is 15.9 Å². The first kappa shape index (κ1) is 19.3. The number of nitrogens with zero attached hydrogens (tertiary/aromatic N) is 1. The van der Waals surface area contributed by atoms with Gasteiger partial charge in [-0.2, -0.15) is 0 Å². The van der Waals surface area contributed by atoms with E-state index in [2.05, 4.69) is 15.9 Å². The van der Waals surface area contributed by atoms with Crippen molar-refractivity contribution in [2.75, 3.05) is 13.4 Å². The standard InChI is InChI=1S/C22H18BrNO5/c1-13-8-18(19(25)11-27-22(26)15-4-3-5-16(23)9-15)14(2)24(13)17-6-7-20-21(10-17)29-12-28-20/h3-10H,11-12H2,1-2H3. The molecule has 1 aromatic heterocycles. The minimum absolute atomic E-state index is 0.204. The fraction of sp³-hybridized carbons (Fsp3) is 0.182. The van der Waals surface area contributed by atoms with E-state index in [1.54, 1.807) is 24.3 Å². The van der Waals surface area contributed by atoms with Gasteiger partial charge in [0.25, 0.3) is 0 Å². The maximum Gasteiger partial charge on any atom is 0.338 e. The number of aryl methyl sites for hydroxylation is 1. The number of hydrogen-bond donors (Lipinski definition) is 0. The van der Waals surface area contributed by atoms with Crippen LogP contribution in [0.5, 0.6) is 11.5 Å². The van der Waals surface area contributed by atoms with Crippen LogP contribution < -0.4 is 9.47 Å². The Morgan fingerprint density at radius 3 is 2.66 bits per heavy atom. The van der Waals surface area contributed by atoms with Crippen LogP contribution in [0.25, 0.3) is 5.69 Å². The summed E-state index contributed by atoms with van der Waals surface area (Å²) in [6.07, 6.45) is 0. The predicted molar refractivity (Wildman–Crippen MR) is 110 cm³/mol. The molecule has 2 heterocycles. The number of esters is 1. The molecule has 0 fully saturated rings. The average Bonchev–Trinajstić information content (AvgIpc) is 3.29. The highest BCUT2D eigenvalue weighted by Crippen LogP contribution is 2.35. The van der Waals surface area contributed by atoms with Gasteiger partial charge in [-0.05, 0) is 50.2 Å². The quantitative estimate of drug-likeness (QED) is 0.414. The first-order chi connectivity index (χ1) is 13.9. The van der Waals surface area contributed by atoms with Crippen molar-refractivity contribution in [3.8, 4) is 17.2 Å². The molecule has 0 saturated carbocycles. The largest absolute Gasteiger partial charge is 0.454 e. The van der Waals surface area contributed by atoms with E-state index in [1.165, 1.54) is 0 Å². The van der Waals surface area contributed by atoms with Gasteiger partial charge in [0.1, 0.15) is 0 Å². The smallest absolute Gasteiger partial charge is 0.338 e. The molecule has 0 radical (unpaired) electrons. The van der Waals surface area contributed by atoms with Gasteiger partial charge in [-0.25, -0.2) is 4.79 Å². The zero-order valence-corrected chi connectivity index (χ0v) is 17.5. The molecule has 3 aromatic rings. The third-order valence-corrected chi connectivity index (χ3v) is 5.23. The van der Waals surface area contributed by atoms with Gasteiger partial charge in [0.15, 0.2) is 18.1 Å². The highest BCUT2D eigenvalue weighted by Gasteiger charge is 2.20. The lowest BCUT2D eigenvalue weighted by atomic mass is 10.1.